The van der Waals surface area contributed by atoms with Gasteiger partial charge in [0.15, 0.2) is 0 Å². The number of nitrogens with zero attached hydrogens (tertiary/aromatic N) is 1. The predicted octanol–water partition coefficient (Wildman–Crippen LogP) is 0.570. The first-order valence-electron chi connectivity index (χ1n) is 19.3. The van der Waals surface area contributed by atoms with Gasteiger partial charge in [-0.15, -0.1) is 0 Å². The molecule has 0 spiro atoms. The van der Waals surface area contributed by atoms with Crippen LogP contribution in [-0.2, 0) is 71.1 Å². The minimum absolute atomic E-state index is 0.0232. The van der Waals surface area contributed by atoms with Gasteiger partial charge in [0.25, 0.3) is 0 Å². The second kappa shape index (κ2) is 49.3. The third-order valence-electron chi connectivity index (χ3n) is 6.67. The van der Waals surface area contributed by atoms with Crippen molar-refractivity contribution in [1.29, 1.82) is 0 Å². The molecule has 17 heteroatoms. The molecule has 0 aliphatic heterocycles. The van der Waals surface area contributed by atoms with Crippen molar-refractivity contribution in [3.8, 4) is 0 Å². The molecular formula is C36H75NO16. The van der Waals surface area contributed by atoms with Crippen molar-refractivity contribution in [2.75, 3.05) is 225 Å². The smallest absolute Gasteiger partial charge is 0.0701 e. The van der Waals surface area contributed by atoms with E-state index in [2.05, 4.69) is 18.9 Å². The minimum atomic E-state index is 0.0232. The van der Waals surface area contributed by atoms with Gasteiger partial charge in [-0.25, -0.2) is 0 Å². The number of likely N-dealkylation sites (N-methyl/N-ethyl adjacent to an activating group) is 1. The molecule has 0 atom stereocenters. The summed E-state index contributed by atoms with van der Waals surface area (Å²) in [4.78, 5) is 2.26. The summed E-state index contributed by atoms with van der Waals surface area (Å²) in [6, 6.07) is 0. The second-order valence-corrected chi connectivity index (χ2v) is 11.2. The highest BCUT2D eigenvalue weighted by Gasteiger charge is 1.99. The van der Waals surface area contributed by atoms with Gasteiger partial charge in [0.05, 0.1) is 205 Å². The molecule has 0 fully saturated rings. The molecule has 0 aliphatic carbocycles. The Morgan fingerprint density at radius 3 is 0.604 bits per heavy atom. The Bertz CT molecular complexity index is 646. The normalized spacial score (nSPS) is 11.8. The van der Waals surface area contributed by atoms with Crippen molar-refractivity contribution in [3.05, 3.63) is 0 Å². The van der Waals surface area contributed by atoms with Crippen LogP contribution in [0.2, 0.25) is 0 Å². The van der Waals surface area contributed by atoms with E-state index in [0.29, 0.717) is 192 Å². The molecule has 0 aromatic carbocycles. The van der Waals surface area contributed by atoms with E-state index in [1.54, 1.807) is 0 Å². The van der Waals surface area contributed by atoms with Gasteiger partial charge in [-0.1, -0.05) is 6.92 Å². The van der Waals surface area contributed by atoms with E-state index in [1.807, 2.05) is 0 Å². The molecule has 0 aromatic heterocycles. The van der Waals surface area contributed by atoms with E-state index in [0.717, 1.165) is 26.1 Å². The van der Waals surface area contributed by atoms with Crippen LogP contribution in [0.4, 0.5) is 0 Å². The van der Waals surface area contributed by atoms with E-state index in [-0.39, 0.29) is 6.61 Å². The molecular weight excluding hydrogens is 702 g/mol. The maximum atomic E-state index is 8.59. The fraction of sp³-hybridized carbons (Fsp3) is 1.00. The van der Waals surface area contributed by atoms with Crippen LogP contribution in [0, 0.1) is 0 Å². The van der Waals surface area contributed by atoms with Gasteiger partial charge in [0, 0.05) is 6.54 Å². The molecule has 0 heterocycles. The third-order valence-corrected chi connectivity index (χ3v) is 6.67. The molecule has 0 aromatic rings. The van der Waals surface area contributed by atoms with Gasteiger partial charge in [-0.05, 0) is 20.0 Å². The van der Waals surface area contributed by atoms with E-state index < -0.39 is 0 Å². The zero-order chi connectivity index (χ0) is 38.2. The summed E-state index contributed by atoms with van der Waals surface area (Å²) >= 11 is 0. The van der Waals surface area contributed by atoms with Crippen LogP contribution in [0.15, 0.2) is 0 Å². The molecule has 0 saturated carbocycles. The zero-order valence-corrected chi connectivity index (χ0v) is 33.1. The van der Waals surface area contributed by atoms with Crippen LogP contribution in [0.5, 0.6) is 0 Å². The zero-order valence-electron chi connectivity index (χ0n) is 33.1. The summed E-state index contributed by atoms with van der Waals surface area (Å²) in [6.45, 7) is 19.7. The largest absolute Gasteiger partial charge is 0.394 e. The Morgan fingerprint density at radius 1 is 0.264 bits per heavy atom. The average molecular weight is 778 g/mol. The standard InChI is InChI=1S/C36H75NO16/c1-3-4-37(2)5-7-39-9-11-41-13-15-43-17-19-45-21-23-47-25-27-49-29-31-51-33-35-53-36-34-52-32-30-50-28-26-48-24-22-46-20-18-44-16-14-42-12-10-40-8-6-38/h38H,3-36H2,1-2H3. The number of hydrogen-bond donors (Lipinski definition) is 1. The van der Waals surface area contributed by atoms with Crippen molar-refractivity contribution in [3.63, 3.8) is 0 Å². The summed E-state index contributed by atoms with van der Waals surface area (Å²) in [5.74, 6) is 0. The van der Waals surface area contributed by atoms with E-state index in [9.17, 15) is 0 Å². The van der Waals surface area contributed by atoms with Crippen LogP contribution in [-0.4, -0.2) is 235 Å². The first-order chi connectivity index (χ1) is 26.3. The fourth-order valence-electron chi connectivity index (χ4n) is 3.96. The van der Waals surface area contributed by atoms with Crippen molar-refractivity contribution in [2.45, 2.75) is 13.3 Å². The van der Waals surface area contributed by atoms with Crippen LogP contribution >= 0.6 is 0 Å². The second-order valence-electron chi connectivity index (χ2n) is 11.2. The lowest BCUT2D eigenvalue weighted by Crippen LogP contribution is -2.24. The topological polar surface area (TPSA) is 162 Å². The molecule has 0 unspecified atom stereocenters. The predicted molar refractivity (Wildman–Crippen MR) is 197 cm³/mol. The molecule has 0 saturated heterocycles. The van der Waals surface area contributed by atoms with E-state index in [1.165, 1.54) is 0 Å². The number of aliphatic hydroxyl groups excluding tert-OH is 1. The van der Waals surface area contributed by atoms with Crippen LogP contribution in [0.1, 0.15) is 13.3 Å². The van der Waals surface area contributed by atoms with Gasteiger partial charge in [-0.3, -0.25) is 0 Å². The highest BCUT2D eigenvalue weighted by Crippen LogP contribution is 1.90. The highest BCUT2D eigenvalue weighted by molar-refractivity contribution is 4.48. The maximum Gasteiger partial charge on any atom is 0.0701 e. The minimum Gasteiger partial charge on any atom is -0.394 e. The summed E-state index contributed by atoms with van der Waals surface area (Å²) < 4.78 is 81.7. The molecule has 53 heavy (non-hydrogen) atoms. The van der Waals surface area contributed by atoms with Gasteiger partial charge in [0.1, 0.15) is 0 Å². The number of rotatable bonds is 49. The lowest BCUT2D eigenvalue weighted by Gasteiger charge is -2.15. The summed E-state index contributed by atoms with van der Waals surface area (Å²) in [6.07, 6.45) is 1.16. The molecule has 1 N–H and O–H groups in total. The Kier molecular flexibility index (Phi) is 48.7. The fourth-order valence-corrected chi connectivity index (χ4v) is 3.96. The lowest BCUT2D eigenvalue weighted by atomic mass is 10.4. The van der Waals surface area contributed by atoms with Gasteiger partial charge < -0.3 is 81.1 Å². The quantitative estimate of drug-likeness (QED) is 0.0853. The Balaban J connectivity index is 3.06. The van der Waals surface area contributed by atoms with Crippen molar-refractivity contribution < 1.29 is 76.2 Å². The lowest BCUT2D eigenvalue weighted by molar-refractivity contribution is -0.0302. The van der Waals surface area contributed by atoms with Crippen LogP contribution in [0.25, 0.3) is 0 Å². The van der Waals surface area contributed by atoms with Crippen molar-refractivity contribution >= 4 is 0 Å². The molecule has 0 bridgehead atoms. The monoisotopic (exact) mass is 778 g/mol. The van der Waals surface area contributed by atoms with Gasteiger partial charge in [-0.2, -0.15) is 0 Å². The molecule has 0 rings (SSSR count). The maximum absolute atomic E-state index is 8.59. The molecule has 0 radical (unpaired) electrons. The summed E-state index contributed by atoms with van der Waals surface area (Å²) in [7, 11) is 2.11. The first-order valence-corrected chi connectivity index (χ1v) is 19.3. The summed E-state index contributed by atoms with van der Waals surface area (Å²) in [5.41, 5.74) is 0. The molecule has 320 valence electrons. The Morgan fingerprint density at radius 2 is 0.434 bits per heavy atom. The van der Waals surface area contributed by atoms with Gasteiger partial charge in [0.2, 0.25) is 0 Å². The Hall–Kier alpha value is -0.680. The molecule has 0 aliphatic rings. The number of hydrogen-bond acceptors (Lipinski definition) is 17. The average Bonchev–Trinajstić information content (AvgIpc) is 3.16. The molecule has 17 nitrogen and oxygen atoms in total. The molecule has 0 amide bonds. The summed E-state index contributed by atoms with van der Waals surface area (Å²) in [5, 5.41) is 8.59. The number of ether oxygens (including phenoxy) is 15. The van der Waals surface area contributed by atoms with Crippen molar-refractivity contribution in [1.82, 2.24) is 4.90 Å². The van der Waals surface area contributed by atoms with Gasteiger partial charge >= 0.3 is 0 Å². The van der Waals surface area contributed by atoms with Crippen molar-refractivity contribution in [2.24, 2.45) is 0 Å². The van der Waals surface area contributed by atoms with Crippen LogP contribution < -0.4 is 0 Å². The van der Waals surface area contributed by atoms with E-state index >= 15 is 0 Å². The number of aliphatic hydroxyl groups is 1. The van der Waals surface area contributed by atoms with E-state index in [4.69, 9.17) is 76.2 Å². The third kappa shape index (κ3) is 49.3. The SMILES string of the molecule is CCCN(C)CCOCCOCCOCCOCCOCCOCCOCCOCCOCCOCCOCCOCCOCCOCCOCCO. The van der Waals surface area contributed by atoms with Crippen LogP contribution in [0.3, 0.4) is 0 Å². The first kappa shape index (κ1) is 52.3. The Labute approximate surface area is 319 Å². The highest BCUT2D eigenvalue weighted by atomic mass is 16.6.